The Hall–Kier alpha value is -2.69. The van der Waals surface area contributed by atoms with Crippen molar-refractivity contribution in [3.8, 4) is 5.75 Å². The third-order valence-corrected chi connectivity index (χ3v) is 5.42. The van der Waals surface area contributed by atoms with E-state index in [2.05, 4.69) is 28.4 Å². The van der Waals surface area contributed by atoms with Gasteiger partial charge in [-0.3, -0.25) is 0 Å². The van der Waals surface area contributed by atoms with Gasteiger partial charge in [-0.15, -0.1) is 0 Å². The normalized spacial score (nSPS) is 18.3. The van der Waals surface area contributed by atoms with Crippen molar-refractivity contribution in [2.24, 2.45) is 0 Å². The van der Waals surface area contributed by atoms with Crippen LogP contribution in [0.5, 0.6) is 5.75 Å². The van der Waals surface area contributed by atoms with Crippen molar-refractivity contribution in [3.63, 3.8) is 0 Å². The molecule has 0 aromatic heterocycles. The second-order valence-corrected chi connectivity index (χ2v) is 7.02. The van der Waals surface area contributed by atoms with E-state index in [0.717, 1.165) is 50.5 Å². The van der Waals surface area contributed by atoms with Crippen LogP contribution in [-0.4, -0.2) is 44.2 Å². The lowest BCUT2D eigenvalue weighted by Gasteiger charge is -2.37. The maximum Gasteiger partial charge on any atom is 0.318 e. The van der Waals surface area contributed by atoms with Gasteiger partial charge in [-0.1, -0.05) is 42.5 Å². The third-order valence-electron chi connectivity index (χ3n) is 5.42. The van der Waals surface area contributed by atoms with E-state index < -0.39 is 0 Å². The number of ether oxygens (including phenoxy) is 1. The Morgan fingerprint density at radius 1 is 0.962 bits per heavy atom. The van der Waals surface area contributed by atoms with Crippen molar-refractivity contribution in [1.82, 2.24) is 10.2 Å². The molecule has 2 fully saturated rings. The summed E-state index contributed by atoms with van der Waals surface area (Å²) >= 11 is 0. The van der Waals surface area contributed by atoms with Crippen LogP contribution in [0.2, 0.25) is 0 Å². The standard InChI is InChI=1S/C21H25N3O2/c1-26-19-10-6-5-9-18(19)23-13-15-24(16-14-23)20(25)22-21(11-12-21)17-7-3-2-4-8-17/h2-10H,11-16H2,1H3,(H,22,25). The summed E-state index contributed by atoms with van der Waals surface area (Å²) in [6.07, 6.45) is 2.04. The summed E-state index contributed by atoms with van der Waals surface area (Å²) < 4.78 is 5.46. The topological polar surface area (TPSA) is 44.8 Å². The van der Waals surface area contributed by atoms with Crippen LogP contribution in [0.25, 0.3) is 0 Å². The minimum Gasteiger partial charge on any atom is -0.495 e. The van der Waals surface area contributed by atoms with Crippen LogP contribution < -0.4 is 15.0 Å². The van der Waals surface area contributed by atoms with Gasteiger partial charge < -0.3 is 19.9 Å². The van der Waals surface area contributed by atoms with E-state index in [4.69, 9.17) is 4.74 Å². The Labute approximate surface area is 154 Å². The number of para-hydroxylation sites is 2. The molecular weight excluding hydrogens is 326 g/mol. The van der Waals surface area contributed by atoms with E-state index >= 15 is 0 Å². The SMILES string of the molecule is COc1ccccc1N1CCN(C(=O)NC2(c3ccccc3)CC2)CC1. The summed E-state index contributed by atoms with van der Waals surface area (Å²) in [6.45, 7) is 3.06. The summed E-state index contributed by atoms with van der Waals surface area (Å²) in [5, 5.41) is 3.27. The third kappa shape index (κ3) is 3.21. The van der Waals surface area contributed by atoms with Crippen LogP contribution in [-0.2, 0) is 5.54 Å². The monoisotopic (exact) mass is 351 g/mol. The fourth-order valence-corrected chi connectivity index (χ4v) is 3.69. The number of hydrogen-bond acceptors (Lipinski definition) is 3. The number of rotatable bonds is 4. The highest BCUT2D eigenvalue weighted by Crippen LogP contribution is 2.45. The lowest BCUT2D eigenvalue weighted by molar-refractivity contribution is 0.188. The molecular formula is C21H25N3O2. The molecule has 1 N–H and O–H groups in total. The Morgan fingerprint density at radius 2 is 1.62 bits per heavy atom. The fourth-order valence-electron chi connectivity index (χ4n) is 3.69. The summed E-state index contributed by atoms with van der Waals surface area (Å²) in [6, 6.07) is 18.4. The summed E-state index contributed by atoms with van der Waals surface area (Å²) in [5.74, 6) is 0.881. The molecule has 136 valence electrons. The van der Waals surface area contributed by atoms with Crippen molar-refractivity contribution in [1.29, 1.82) is 0 Å². The predicted octanol–water partition coefficient (Wildman–Crippen LogP) is 3.22. The first-order valence-corrected chi connectivity index (χ1v) is 9.22. The highest BCUT2D eigenvalue weighted by molar-refractivity contribution is 5.76. The molecule has 4 rings (SSSR count). The Morgan fingerprint density at radius 3 is 2.27 bits per heavy atom. The van der Waals surface area contributed by atoms with Gasteiger partial charge in [0, 0.05) is 26.2 Å². The molecule has 2 aromatic carbocycles. The quantitative estimate of drug-likeness (QED) is 0.920. The maximum atomic E-state index is 12.8. The highest BCUT2D eigenvalue weighted by Gasteiger charge is 2.46. The van der Waals surface area contributed by atoms with Gasteiger partial charge in [0.25, 0.3) is 0 Å². The molecule has 5 nitrogen and oxygen atoms in total. The number of carbonyl (C=O) groups excluding carboxylic acids is 1. The molecule has 0 bridgehead atoms. The first-order chi connectivity index (χ1) is 12.7. The van der Waals surface area contributed by atoms with Gasteiger partial charge in [-0.2, -0.15) is 0 Å². The Bertz CT molecular complexity index is 766. The summed E-state index contributed by atoms with van der Waals surface area (Å²) in [4.78, 5) is 17.0. The first-order valence-electron chi connectivity index (χ1n) is 9.22. The number of methoxy groups -OCH3 is 1. The molecule has 1 saturated carbocycles. The van der Waals surface area contributed by atoms with Crippen molar-refractivity contribution in [2.45, 2.75) is 18.4 Å². The number of carbonyl (C=O) groups is 1. The van der Waals surface area contributed by atoms with Crippen molar-refractivity contribution in [2.75, 3.05) is 38.2 Å². The molecule has 0 unspecified atom stereocenters. The van der Waals surface area contributed by atoms with Gasteiger partial charge in [0.15, 0.2) is 0 Å². The number of anilines is 1. The lowest BCUT2D eigenvalue weighted by Crippen LogP contribution is -2.53. The number of nitrogens with one attached hydrogen (secondary N) is 1. The number of urea groups is 1. The molecule has 2 aromatic rings. The van der Waals surface area contributed by atoms with Gasteiger partial charge >= 0.3 is 6.03 Å². The van der Waals surface area contributed by atoms with Gasteiger partial charge in [-0.05, 0) is 30.5 Å². The maximum absolute atomic E-state index is 12.8. The minimum atomic E-state index is -0.155. The Kier molecular flexibility index (Phi) is 4.45. The molecule has 1 heterocycles. The molecule has 0 radical (unpaired) electrons. The van der Waals surface area contributed by atoms with Crippen LogP contribution in [0.3, 0.4) is 0 Å². The lowest BCUT2D eigenvalue weighted by atomic mass is 10.1. The van der Waals surface area contributed by atoms with Crippen LogP contribution in [0, 0.1) is 0 Å². The van der Waals surface area contributed by atoms with E-state index in [1.807, 2.05) is 41.3 Å². The van der Waals surface area contributed by atoms with E-state index in [1.165, 1.54) is 5.56 Å². The first kappa shape index (κ1) is 16.8. The van der Waals surface area contributed by atoms with Crippen molar-refractivity contribution < 1.29 is 9.53 Å². The van der Waals surface area contributed by atoms with Gasteiger partial charge in [-0.25, -0.2) is 4.79 Å². The van der Waals surface area contributed by atoms with E-state index in [1.54, 1.807) is 7.11 Å². The van der Waals surface area contributed by atoms with Gasteiger partial charge in [0.05, 0.1) is 18.3 Å². The number of benzene rings is 2. The second-order valence-electron chi connectivity index (χ2n) is 7.02. The van der Waals surface area contributed by atoms with Crippen LogP contribution in [0.15, 0.2) is 54.6 Å². The molecule has 5 heteroatoms. The number of hydrogen-bond donors (Lipinski definition) is 1. The fraction of sp³-hybridized carbons (Fsp3) is 0.381. The zero-order chi connectivity index (χ0) is 18.0. The largest absolute Gasteiger partial charge is 0.495 e. The Balaban J connectivity index is 1.37. The van der Waals surface area contributed by atoms with Crippen molar-refractivity contribution in [3.05, 3.63) is 60.2 Å². The summed E-state index contributed by atoms with van der Waals surface area (Å²) in [7, 11) is 1.70. The van der Waals surface area contributed by atoms with Crippen LogP contribution in [0.1, 0.15) is 18.4 Å². The van der Waals surface area contributed by atoms with Crippen molar-refractivity contribution >= 4 is 11.7 Å². The van der Waals surface area contributed by atoms with Crippen LogP contribution >= 0.6 is 0 Å². The van der Waals surface area contributed by atoms with E-state index in [9.17, 15) is 4.79 Å². The molecule has 1 saturated heterocycles. The molecule has 26 heavy (non-hydrogen) atoms. The number of amides is 2. The zero-order valence-corrected chi connectivity index (χ0v) is 15.1. The predicted molar refractivity (Wildman–Crippen MR) is 103 cm³/mol. The van der Waals surface area contributed by atoms with Gasteiger partial charge in [0.1, 0.15) is 5.75 Å². The zero-order valence-electron chi connectivity index (χ0n) is 15.1. The molecule has 2 amide bonds. The molecule has 0 atom stereocenters. The smallest absolute Gasteiger partial charge is 0.318 e. The second kappa shape index (κ2) is 6.90. The molecule has 1 aliphatic heterocycles. The minimum absolute atomic E-state index is 0.0472. The molecule has 0 spiro atoms. The van der Waals surface area contributed by atoms with E-state index in [-0.39, 0.29) is 11.6 Å². The van der Waals surface area contributed by atoms with Crippen LogP contribution in [0.4, 0.5) is 10.5 Å². The highest BCUT2D eigenvalue weighted by atomic mass is 16.5. The molecule has 2 aliphatic rings. The average Bonchev–Trinajstić information content (AvgIpc) is 3.49. The van der Waals surface area contributed by atoms with Gasteiger partial charge in [0.2, 0.25) is 0 Å². The number of piperazine rings is 1. The average molecular weight is 351 g/mol. The van der Waals surface area contributed by atoms with E-state index in [0.29, 0.717) is 0 Å². The summed E-state index contributed by atoms with van der Waals surface area (Å²) in [5.41, 5.74) is 2.15. The number of nitrogens with zero attached hydrogens (tertiary/aromatic N) is 2. The molecule has 1 aliphatic carbocycles.